The molecule has 2 aromatic rings. The summed E-state index contributed by atoms with van der Waals surface area (Å²) in [5.74, 6) is 0.133. The molecule has 18 heavy (non-hydrogen) atoms. The summed E-state index contributed by atoms with van der Waals surface area (Å²) in [6.07, 6.45) is 1.43. The van der Waals surface area contributed by atoms with Gasteiger partial charge in [-0.3, -0.25) is 0 Å². The number of halogens is 2. The quantitative estimate of drug-likeness (QED) is 0.925. The molecule has 0 aliphatic carbocycles. The van der Waals surface area contributed by atoms with Crippen molar-refractivity contribution in [2.24, 2.45) is 0 Å². The average molecular weight is 268 g/mol. The molecule has 0 bridgehead atoms. The van der Waals surface area contributed by atoms with E-state index in [0.29, 0.717) is 16.4 Å². The molecule has 1 aromatic heterocycles. The highest BCUT2D eigenvalue weighted by Crippen LogP contribution is 2.21. The van der Waals surface area contributed by atoms with E-state index < -0.39 is 0 Å². The summed E-state index contributed by atoms with van der Waals surface area (Å²) >= 11 is 5.92. The van der Waals surface area contributed by atoms with Crippen molar-refractivity contribution < 1.29 is 9.13 Å². The highest BCUT2D eigenvalue weighted by atomic mass is 35.5. The minimum absolute atomic E-state index is 0.204. The molecule has 0 spiro atoms. The van der Waals surface area contributed by atoms with Crippen LogP contribution in [0.25, 0.3) is 0 Å². The highest BCUT2D eigenvalue weighted by Gasteiger charge is 2.06. The number of rotatable bonds is 4. The Kier molecular flexibility index (Phi) is 3.94. The Balaban J connectivity index is 2.13. The molecule has 0 atom stereocenters. The standard InChI is InChI=1S/C12H11ClFN3O/c1-18-12-16-7-9(13)11(17-12)15-6-8-4-2-3-5-10(8)14/h2-5,7H,6H2,1H3,(H,15,16,17). The van der Waals surface area contributed by atoms with Crippen molar-refractivity contribution in [1.29, 1.82) is 0 Å². The van der Waals surface area contributed by atoms with E-state index in [2.05, 4.69) is 15.3 Å². The van der Waals surface area contributed by atoms with Crippen LogP contribution in [0.1, 0.15) is 5.56 Å². The van der Waals surface area contributed by atoms with Crippen molar-refractivity contribution in [3.05, 3.63) is 46.9 Å². The maximum Gasteiger partial charge on any atom is 0.318 e. The second-order valence-corrected chi connectivity index (χ2v) is 3.91. The fourth-order valence-electron chi connectivity index (χ4n) is 1.39. The van der Waals surface area contributed by atoms with Gasteiger partial charge in [0.1, 0.15) is 10.8 Å². The molecular weight excluding hydrogens is 257 g/mol. The van der Waals surface area contributed by atoms with Crippen molar-refractivity contribution in [3.8, 4) is 6.01 Å². The smallest absolute Gasteiger partial charge is 0.318 e. The first-order valence-corrected chi connectivity index (χ1v) is 5.62. The zero-order valence-corrected chi connectivity index (χ0v) is 10.4. The van der Waals surface area contributed by atoms with E-state index in [9.17, 15) is 4.39 Å². The summed E-state index contributed by atoms with van der Waals surface area (Å²) in [5, 5.41) is 3.30. The minimum Gasteiger partial charge on any atom is -0.467 e. The van der Waals surface area contributed by atoms with Gasteiger partial charge >= 0.3 is 6.01 Å². The van der Waals surface area contributed by atoms with E-state index in [1.54, 1.807) is 18.2 Å². The average Bonchev–Trinajstić information content (AvgIpc) is 2.39. The number of methoxy groups -OCH3 is 1. The lowest BCUT2D eigenvalue weighted by atomic mass is 10.2. The van der Waals surface area contributed by atoms with Crippen LogP contribution in [0.4, 0.5) is 10.2 Å². The van der Waals surface area contributed by atoms with Gasteiger partial charge in [-0.15, -0.1) is 0 Å². The Morgan fingerprint density at radius 3 is 2.89 bits per heavy atom. The van der Waals surface area contributed by atoms with Crippen molar-refractivity contribution in [2.75, 3.05) is 12.4 Å². The number of hydrogen-bond acceptors (Lipinski definition) is 4. The summed E-state index contributed by atoms with van der Waals surface area (Å²) in [5.41, 5.74) is 0.533. The monoisotopic (exact) mass is 267 g/mol. The fourth-order valence-corrected chi connectivity index (χ4v) is 1.55. The Morgan fingerprint density at radius 1 is 1.39 bits per heavy atom. The number of benzene rings is 1. The first-order valence-electron chi connectivity index (χ1n) is 5.24. The summed E-state index contributed by atoms with van der Waals surface area (Å²) in [4.78, 5) is 7.89. The van der Waals surface area contributed by atoms with E-state index in [1.165, 1.54) is 19.4 Å². The normalized spacial score (nSPS) is 10.2. The molecule has 0 radical (unpaired) electrons. The Bertz CT molecular complexity index is 551. The summed E-state index contributed by atoms with van der Waals surface area (Å²) in [6, 6.07) is 6.70. The van der Waals surface area contributed by atoms with Crippen LogP contribution in [-0.2, 0) is 6.54 Å². The lowest BCUT2D eigenvalue weighted by Gasteiger charge is -2.08. The van der Waals surface area contributed by atoms with Gasteiger partial charge in [0.25, 0.3) is 0 Å². The van der Waals surface area contributed by atoms with Gasteiger partial charge in [-0.05, 0) is 6.07 Å². The predicted molar refractivity (Wildman–Crippen MR) is 67.3 cm³/mol. The lowest BCUT2D eigenvalue weighted by Crippen LogP contribution is -2.05. The van der Waals surface area contributed by atoms with Crippen LogP contribution in [0.3, 0.4) is 0 Å². The van der Waals surface area contributed by atoms with Crippen LogP contribution >= 0.6 is 11.6 Å². The highest BCUT2D eigenvalue weighted by molar-refractivity contribution is 6.32. The Hall–Kier alpha value is -1.88. The first kappa shape index (κ1) is 12.6. The van der Waals surface area contributed by atoms with Crippen molar-refractivity contribution in [1.82, 2.24) is 9.97 Å². The lowest BCUT2D eigenvalue weighted by molar-refractivity contribution is 0.380. The molecule has 0 saturated carbocycles. The molecule has 6 heteroatoms. The van der Waals surface area contributed by atoms with Crippen molar-refractivity contribution >= 4 is 17.4 Å². The SMILES string of the molecule is COc1ncc(Cl)c(NCc2ccccc2F)n1. The molecular formula is C12H11ClFN3O. The van der Waals surface area contributed by atoms with Gasteiger partial charge in [0.2, 0.25) is 0 Å². The van der Waals surface area contributed by atoms with E-state index in [4.69, 9.17) is 16.3 Å². The Morgan fingerprint density at radius 2 is 2.17 bits per heavy atom. The zero-order valence-electron chi connectivity index (χ0n) is 9.65. The zero-order chi connectivity index (χ0) is 13.0. The number of ether oxygens (including phenoxy) is 1. The Labute approximate surface area is 109 Å². The van der Waals surface area contributed by atoms with Gasteiger partial charge < -0.3 is 10.1 Å². The molecule has 0 unspecified atom stereocenters. The minimum atomic E-state index is -0.276. The van der Waals surface area contributed by atoms with Crippen LogP contribution in [0.15, 0.2) is 30.5 Å². The van der Waals surface area contributed by atoms with Gasteiger partial charge in [0.05, 0.1) is 13.3 Å². The number of nitrogens with zero attached hydrogens (tertiary/aromatic N) is 2. The van der Waals surface area contributed by atoms with E-state index in [0.717, 1.165) is 0 Å². The van der Waals surface area contributed by atoms with Gasteiger partial charge in [-0.2, -0.15) is 4.98 Å². The van der Waals surface area contributed by atoms with Gasteiger partial charge in [-0.25, -0.2) is 9.37 Å². The van der Waals surface area contributed by atoms with Crippen molar-refractivity contribution in [3.63, 3.8) is 0 Å². The molecule has 0 saturated heterocycles. The molecule has 2 rings (SSSR count). The predicted octanol–water partition coefficient (Wildman–Crippen LogP) is 2.89. The molecule has 0 aliphatic rings. The second-order valence-electron chi connectivity index (χ2n) is 3.50. The van der Waals surface area contributed by atoms with Crippen molar-refractivity contribution in [2.45, 2.75) is 6.54 Å². The van der Waals surface area contributed by atoms with Gasteiger partial charge in [-0.1, -0.05) is 29.8 Å². The molecule has 0 fully saturated rings. The summed E-state index contributed by atoms with van der Waals surface area (Å²) in [7, 11) is 1.46. The number of anilines is 1. The molecule has 0 amide bonds. The molecule has 4 nitrogen and oxygen atoms in total. The third kappa shape index (κ3) is 2.87. The second kappa shape index (κ2) is 5.64. The first-order chi connectivity index (χ1) is 8.70. The molecule has 1 N–H and O–H groups in total. The fraction of sp³-hybridized carbons (Fsp3) is 0.167. The third-order valence-corrected chi connectivity index (χ3v) is 2.59. The summed E-state index contributed by atoms with van der Waals surface area (Å²) < 4.78 is 18.3. The maximum atomic E-state index is 13.4. The topological polar surface area (TPSA) is 47.0 Å². The van der Waals surface area contributed by atoms with Crippen LogP contribution in [0, 0.1) is 5.82 Å². The van der Waals surface area contributed by atoms with Crippen LogP contribution < -0.4 is 10.1 Å². The van der Waals surface area contributed by atoms with Gasteiger partial charge in [0, 0.05) is 12.1 Å². The molecule has 0 aliphatic heterocycles. The third-order valence-electron chi connectivity index (χ3n) is 2.31. The molecule has 1 heterocycles. The van der Waals surface area contributed by atoms with Crippen LogP contribution in [0.2, 0.25) is 5.02 Å². The number of nitrogens with one attached hydrogen (secondary N) is 1. The number of aromatic nitrogens is 2. The maximum absolute atomic E-state index is 13.4. The largest absolute Gasteiger partial charge is 0.467 e. The molecule has 1 aromatic carbocycles. The van der Waals surface area contributed by atoms with Crippen LogP contribution in [-0.4, -0.2) is 17.1 Å². The van der Waals surface area contributed by atoms with Crippen LogP contribution in [0.5, 0.6) is 6.01 Å². The number of hydrogen-bond donors (Lipinski definition) is 1. The van der Waals surface area contributed by atoms with E-state index in [-0.39, 0.29) is 18.4 Å². The summed E-state index contributed by atoms with van der Waals surface area (Å²) in [6.45, 7) is 0.284. The van der Waals surface area contributed by atoms with E-state index in [1.807, 2.05) is 0 Å². The van der Waals surface area contributed by atoms with E-state index >= 15 is 0 Å². The van der Waals surface area contributed by atoms with Gasteiger partial charge in [0.15, 0.2) is 5.82 Å². The molecule has 94 valence electrons.